The van der Waals surface area contributed by atoms with Gasteiger partial charge in [-0.3, -0.25) is 9.78 Å². The van der Waals surface area contributed by atoms with E-state index in [9.17, 15) is 9.90 Å². The fraction of sp³-hybridized carbons (Fsp3) is 0.0833. The molecule has 0 radical (unpaired) electrons. The molecule has 3 heterocycles. The van der Waals surface area contributed by atoms with Gasteiger partial charge in [0.15, 0.2) is 5.82 Å². The maximum Gasteiger partial charge on any atom is 0.255 e. The largest absolute Gasteiger partial charge is 0.508 e. The Bertz CT molecular complexity index is 1370. The summed E-state index contributed by atoms with van der Waals surface area (Å²) in [5, 5.41) is 20.9. The number of phenolic OH excluding ortho intramolecular Hbond substituents is 1. The highest BCUT2D eigenvalue weighted by Gasteiger charge is 2.35. The van der Waals surface area contributed by atoms with E-state index in [0.29, 0.717) is 33.8 Å². The van der Waals surface area contributed by atoms with Crippen LogP contribution < -0.4 is 10.6 Å². The number of allylic oxidation sites excluding steroid dienone is 1. The number of phenols is 1. The number of aromatic hydroxyl groups is 1. The van der Waals surface area contributed by atoms with Crippen molar-refractivity contribution in [1.29, 1.82) is 0 Å². The lowest BCUT2D eigenvalue weighted by Crippen LogP contribution is -2.31. The highest BCUT2D eigenvalue weighted by Crippen LogP contribution is 2.39. The van der Waals surface area contributed by atoms with Gasteiger partial charge in [0, 0.05) is 28.0 Å². The minimum Gasteiger partial charge on any atom is -0.508 e. The minimum atomic E-state index is -0.606. The summed E-state index contributed by atoms with van der Waals surface area (Å²) >= 11 is 6.57. The maximum absolute atomic E-state index is 13.4. The number of pyridine rings is 1. The molecule has 1 aliphatic heterocycles. The number of fused-ring (bicyclic) bond motifs is 1. The fourth-order valence-electron chi connectivity index (χ4n) is 3.80. The molecule has 0 aliphatic carbocycles. The topological polar surface area (TPSA) is 105 Å². The van der Waals surface area contributed by atoms with Crippen LogP contribution in [0.25, 0.3) is 11.4 Å². The van der Waals surface area contributed by atoms with E-state index in [2.05, 4.69) is 20.6 Å². The lowest BCUT2D eigenvalue weighted by atomic mass is 9.95. The van der Waals surface area contributed by atoms with Crippen LogP contribution in [0.4, 0.5) is 11.6 Å². The first kappa shape index (κ1) is 20.7. The maximum atomic E-state index is 13.4. The molecule has 2 aromatic heterocycles. The number of carbonyl (C=O) groups excluding carboxylic acids is 1. The smallest absolute Gasteiger partial charge is 0.255 e. The van der Waals surface area contributed by atoms with Crippen LogP contribution in [0.15, 0.2) is 84.3 Å². The highest BCUT2D eigenvalue weighted by atomic mass is 35.5. The van der Waals surface area contributed by atoms with Gasteiger partial charge in [-0.2, -0.15) is 4.98 Å². The van der Waals surface area contributed by atoms with Crippen LogP contribution in [0.5, 0.6) is 5.75 Å². The predicted molar refractivity (Wildman–Crippen MR) is 126 cm³/mol. The molecule has 0 fully saturated rings. The summed E-state index contributed by atoms with van der Waals surface area (Å²) in [7, 11) is 0. The lowest BCUT2D eigenvalue weighted by molar-refractivity contribution is -0.113. The average molecular weight is 459 g/mol. The number of benzene rings is 2. The molecule has 2 aromatic carbocycles. The van der Waals surface area contributed by atoms with Crippen molar-refractivity contribution in [1.82, 2.24) is 19.7 Å². The molecule has 1 aliphatic rings. The molecule has 0 bridgehead atoms. The summed E-state index contributed by atoms with van der Waals surface area (Å²) in [5.74, 6) is 0.793. The van der Waals surface area contributed by atoms with Gasteiger partial charge in [0.05, 0.1) is 17.5 Å². The number of aromatic nitrogens is 4. The van der Waals surface area contributed by atoms with E-state index in [-0.39, 0.29) is 11.7 Å². The SMILES string of the molecule is CC1=C(C(=O)Nc2cccnc2)[C@@H](c2ccccc2Cl)n2nc(-c3ccc(O)cc3)nc2N1. The second-order valence-corrected chi connectivity index (χ2v) is 7.94. The summed E-state index contributed by atoms with van der Waals surface area (Å²) in [6.07, 6.45) is 3.22. The molecule has 33 heavy (non-hydrogen) atoms. The van der Waals surface area contributed by atoms with Gasteiger partial charge in [-0.05, 0) is 49.4 Å². The molecule has 0 spiro atoms. The Hall–Kier alpha value is -4.17. The molecule has 164 valence electrons. The first-order valence-electron chi connectivity index (χ1n) is 10.2. The quantitative estimate of drug-likeness (QED) is 0.412. The number of rotatable bonds is 4. The molecule has 0 unspecified atom stereocenters. The van der Waals surface area contributed by atoms with Crippen LogP contribution in [-0.2, 0) is 4.79 Å². The molecule has 8 nitrogen and oxygen atoms in total. The molecule has 0 saturated heterocycles. The molecule has 9 heteroatoms. The van der Waals surface area contributed by atoms with Gasteiger partial charge >= 0.3 is 0 Å². The molecule has 1 atom stereocenters. The third-order valence-corrected chi connectivity index (χ3v) is 5.69. The van der Waals surface area contributed by atoms with Crippen molar-refractivity contribution in [3.8, 4) is 17.1 Å². The monoisotopic (exact) mass is 458 g/mol. The summed E-state index contributed by atoms with van der Waals surface area (Å²) < 4.78 is 1.66. The normalized spacial score (nSPS) is 15.0. The van der Waals surface area contributed by atoms with Crippen LogP contribution in [0, 0.1) is 0 Å². The zero-order valence-electron chi connectivity index (χ0n) is 17.5. The summed E-state index contributed by atoms with van der Waals surface area (Å²) in [4.78, 5) is 22.1. The molecule has 5 rings (SSSR count). The number of hydrogen-bond donors (Lipinski definition) is 3. The van der Waals surface area contributed by atoms with E-state index in [0.717, 1.165) is 11.1 Å². The Kier molecular flexibility index (Phi) is 5.27. The molecule has 0 saturated carbocycles. The van der Waals surface area contributed by atoms with Crippen molar-refractivity contribution >= 4 is 29.1 Å². The predicted octanol–water partition coefficient (Wildman–Crippen LogP) is 4.63. The second-order valence-electron chi connectivity index (χ2n) is 7.53. The number of amides is 1. The third kappa shape index (κ3) is 3.92. The zero-order chi connectivity index (χ0) is 22.9. The summed E-state index contributed by atoms with van der Waals surface area (Å²) in [6.45, 7) is 1.82. The number of carbonyl (C=O) groups is 1. The van der Waals surface area contributed by atoms with E-state index in [1.165, 1.54) is 0 Å². The van der Waals surface area contributed by atoms with Gasteiger partial charge in [-0.1, -0.05) is 29.8 Å². The summed E-state index contributed by atoms with van der Waals surface area (Å²) in [6, 6.07) is 16.9. The molecule has 1 amide bonds. The number of hydrogen-bond acceptors (Lipinski definition) is 6. The van der Waals surface area contributed by atoms with Crippen molar-refractivity contribution in [3.05, 3.63) is 94.9 Å². The van der Waals surface area contributed by atoms with Gasteiger partial charge in [0.2, 0.25) is 5.95 Å². The number of nitrogens with zero attached hydrogens (tertiary/aromatic N) is 4. The fourth-order valence-corrected chi connectivity index (χ4v) is 4.04. The first-order valence-corrected chi connectivity index (χ1v) is 10.6. The van der Waals surface area contributed by atoms with Crippen molar-refractivity contribution < 1.29 is 9.90 Å². The third-order valence-electron chi connectivity index (χ3n) is 5.34. The standard InChI is InChI=1S/C24H19ClN6O2/c1-14-20(23(33)28-16-5-4-12-26-13-16)21(18-6-2-3-7-19(18)25)31-24(27-14)29-22(30-31)15-8-10-17(32)11-9-15/h2-13,21,32H,1H3,(H,28,33)(H,27,29,30)/t21-/m1/s1. The van der Waals surface area contributed by atoms with Crippen molar-refractivity contribution in [2.45, 2.75) is 13.0 Å². The van der Waals surface area contributed by atoms with Crippen LogP contribution >= 0.6 is 11.6 Å². The van der Waals surface area contributed by atoms with Gasteiger partial charge < -0.3 is 15.7 Å². The van der Waals surface area contributed by atoms with E-state index in [1.807, 2.05) is 25.1 Å². The number of nitrogens with one attached hydrogen (secondary N) is 2. The van der Waals surface area contributed by atoms with E-state index >= 15 is 0 Å². The Morgan fingerprint density at radius 2 is 1.91 bits per heavy atom. The van der Waals surface area contributed by atoms with Crippen LogP contribution in [0.2, 0.25) is 5.02 Å². The number of anilines is 2. The molecule has 4 aromatic rings. The molecular weight excluding hydrogens is 440 g/mol. The Morgan fingerprint density at radius 1 is 1.12 bits per heavy atom. The highest BCUT2D eigenvalue weighted by molar-refractivity contribution is 6.31. The first-order chi connectivity index (χ1) is 16.0. The van der Waals surface area contributed by atoms with E-state index < -0.39 is 6.04 Å². The van der Waals surface area contributed by atoms with Crippen molar-refractivity contribution in [2.75, 3.05) is 10.6 Å². The van der Waals surface area contributed by atoms with E-state index in [1.54, 1.807) is 59.5 Å². The second kappa shape index (κ2) is 8.40. The van der Waals surface area contributed by atoms with Gasteiger partial charge in [-0.15, -0.1) is 5.10 Å². The van der Waals surface area contributed by atoms with Crippen molar-refractivity contribution in [3.63, 3.8) is 0 Å². The average Bonchev–Trinajstić information content (AvgIpc) is 3.23. The zero-order valence-corrected chi connectivity index (χ0v) is 18.3. The summed E-state index contributed by atoms with van der Waals surface area (Å²) in [5.41, 5.74) is 3.13. The Balaban J connectivity index is 1.62. The van der Waals surface area contributed by atoms with Gasteiger partial charge in [0.25, 0.3) is 5.91 Å². The van der Waals surface area contributed by atoms with Gasteiger partial charge in [-0.25, -0.2) is 4.68 Å². The molecular formula is C24H19ClN6O2. The van der Waals surface area contributed by atoms with Crippen LogP contribution in [0.3, 0.4) is 0 Å². The lowest BCUT2D eigenvalue weighted by Gasteiger charge is -2.29. The molecule has 3 N–H and O–H groups in total. The van der Waals surface area contributed by atoms with Gasteiger partial charge in [0.1, 0.15) is 11.8 Å². The number of halogens is 1. The Labute approximate surface area is 194 Å². The van der Waals surface area contributed by atoms with Crippen LogP contribution in [0.1, 0.15) is 18.5 Å². The van der Waals surface area contributed by atoms with Crippen LogP contribution in [-0.4, -0.2) is 30.8 Å². The minimum absolute atomic E-state index is 0.154. The Morgan fingerprint density at radius 3 is 2.64 bits per heavy atom. The van der Waals surface area contributed by atoms with Crippen molar-refractivity contribution in [2.24, 2.45) is 0 Å². The van der Waals surface area contributed by atoms with E-state index in [4.69, 9.17) is 16.7 Å².